The van der Waals surface area contributed by atoms with Crippen molar-refractivity contribution in [2.45, 2.75) is 65.2 Å². The van der Waals surface area contributed by atoms with E-state index in [9.17, 15) is 0 Å². The van der Waals surface area contributed by atoms with Crippen molar-refractivity contribution >= 4 is 0 Å². The van der Waals surface area contributed by atoms with Crippen molar-refractivity contribution in [1.29, 1.82) is 0 Å². The first kappa shape index (κ1) is 13.3. The van der Waals surface area contributed by atoms with Crippen molar-refractivity contribution in [3.63, 3.8) is 0 Å². The van der Waals surface area contributed by atoms with Gasteiger partial charge in [-0.1, -0.05) is 39.5 Å². The second-order valence-corrected chi connectivity index (χ2v) is 4.61. The highest BCUT2D eigenvalue weighted by Gasteiger charge is 2.05. The van der Waals surface area contributed by atoms with Gasteiger partial charge in [0.2, 0.25) is 0 Å². The van der Waals surface area contributed by atoms with Crippen molar-refractivity contribution in [3.8, 4) is 0 Å². The van der Waals surface area contributed by atoms with Gasteiger partial charge in [-0.3, -0.25) is 0 Å². The van der Waals surface area contributed by atoms with E-state index in [4.69, 9.17) is 4.74 Å². The van der Waals surface area contributed by atoms with Crippen molar-refractivity contribution < 1.29 is 4.74 Å². The van der Waals surface area contributed by atoms with E-state index < -0.39 is 0 Å². The van der Waals surface area contributed by atoms with Crippen LogP contribution in [-0.2, 0) is 4.74 Å². The molecular formula is C15H26O. The summed E-state index contributed by atoms with van der Waals surface area (Å²) in [5.41, 5.74) is 1.49. The molecule has 0 atom stereocenters. The molecule has 0 aromatic carbocycles. The van der Waals surface area contributed by atoms with Gasteiger partial charge in [-0.2, -0.15) is 0 Å². The molecule has 1 heterocycles. The maximum Gasteiger partial charge on any atom is 0.106 e. The largest absolute Gasteiger partial charge is 0.494 e. The van der Waals surface area contributed by atoms with Crippen LogP contribution in [0.25, 0.3) is 0 Å². The normalized spacial score (nSPS) is 15.4. The van der Waals surface area contributed by atoms with E-state index in [0.717, 1.165) is 13.0 Å². The summed E-state index contributed by atoms with van der Waals surface area (Å²) in [6.07, 6.45) is 14.7. The maximum absolute atomic E-state index is 5.65. The molecule has 16 heavy (non-hydrogen) atoms. The molecule has 92 valence electrons. The van der Waals surface area contributed by atoms with Gasteiger partial charge < -0.3 is 4.74 Å². The number of hydrogen-bond acceptors (Lipinski definition) is 1. The molecule has 1 aliphatic heterocycles. The third kappa shape index (κ3) is 5.39. The van der Waals surface area contributed by atoms with Crippen LogP contribution in [0.2, 0.25) is 0 Å². The van der Waals surface area contributed by atoms with Crippen LogP contribution in [0.3, 0.4) is 0 Å². The number of allylic oxidation sites excluding steroid dienone is 3. The average molecular weight is 222 g/mol. The third-order valence-corrected chi connectivity index (χ3v) is 3.06. The van der Waals surface area contributed by atoms with E-state index in [0.29, 0.717) is 0 Å². The minimum Gasteiger partial charge on any atom is -0.494 e. The Balaban J connectivity index is 2.27. The average Bonchev–Trinajstić information content (AvgIpc) is 2.30. The lowest BCUT2D eigenvalue weighted by molar-refractivity contribution is 0.227. The number of rotatable bonds is 8. The van der Waals surface area contributed by atoms with Crippen LogP contribution in [0, 0.1) is 0 Å². The Kier molecular flexibility index (Phi) is 7.03. The Morgan fingerprint density at radius 3 is 2.38 bits per heavy atom. The van der Waals surface area contributed by atoms with Crippen LogP contribution in [0.4, 0.5) is 0 Å². The summed E-state index contributed by atoms with van der Waals surface area (Å²) >= 11 is 0. The molecule has 0 amide bonds. The first-order valence-electron chi connectivity index (χ1n) is 6.89. The highest BCUT2D eigenvalue weighted by molar-refractivity contribution is 5.24. The predicted molar refractivity (Wildman–Crippen MR) is 70.4 cm³/mol. The molecule has 1 nitrogen and oxygen atoms in total. The third-order valence-electron chi connectivity index (χ3n) is 3.06. The van der Waals surface area contributed by atoms with E-state index in [1.54, 1.807) is 0 Å². The Labute approximate surface area is 101 Å². The Morgan fingerprint density at radius 2 is 1.69 bits per heavy atom. The van der Waals surface area contributed by atoms with Crippen molar-refractivity contribution in [1.82, 2.24) is 0 Å². The lowest BCUT2D eigenvalue weighted by atomic mass is 10.0. The fraction of sp³-hybridized carbons (Fsp3) is 0.733. The zero-order valence-electron chi connectivity index (χ0n) is 10.9. The lowest BCUT2D eigenvalue weighted by Crippen LogP contribution is -2.01. The highest BCUT2D eigenvalue weighted by Crippen LogP contribution is 2.20. The minimum atomic E-state index is 0.791. The first-order chi connectivity index (χ1) is 7.86. The number of ether oxygens (including phenoxy) is 1. The van der Waals surface area contributed by atoms with Gasteiger partial charge in [-0.05, 0) is 37.0 Å². The fourth-order valence-corrected chi connectivity index (χ4v) is 2.01. The smallest absolute Gasteiger partial charge is 0.106 e. The molecule has 0 aromatic heterocycles. The maximum atomic E-state index is 5.65. The standard InChI is InChI=1S/C15H26O/c1-3-5-7-9-14-11-12-16-15(13-14)10-8-6-4-2/h11,13H,3-10,12H2,1-2H3. The SMILES string of the molecule is CCCCCC1=CCOC(CCCCC)=C1. The quantitative estimate of drug-likeness (QED) is 0.526. The summed E-state index contributed by atoms with van der Waals surface area (Å²) in [5.74, 6) is 1.21. The number of unbranched alkanes of at least 4 members (excludes halogenated alkanes) is 4. The van der Waals surface area contributed by atoms with Gasteiger partial charge in [0.15, 0.2) is 0 Å². The van der Waals surface area contributed by atoms with E-state index in [1.165, 1.54) is 56.3 Å². The molecule has 0 spiro atoms. The van der Waals surface area contributed by atoms with Crippen LogP contribution < -0.4 is 0 Å². The molecule has 0 unspecified atom stereocenters. The van der Waals surface area contributed by atoms with Gasteiger partial charge in [-0.25, -0.2) is 0 Å². The summed E-state index contributed by atoms with van der Waals surface area (Å²) < 4.78 is 5.65. The molecule has 1 aliphatic rings. The van der Waals surface area contributed by atoms with E-state index in [-0.39, 0.29) is 0 Å². The molecule has 1 rings (SSSR count). The van der Waals surface area contributed by atoms with E-state index >= 15 is 0 Å². The van der Waals surface area contributed by atoms with Gasteiger partial charge in [0.1, 0.15) is 6.61 Å². The summed E-state index contributed by atoms with van der Waals surface area (Å²) in [4.78, 5) is 0. The van der Waals surface area contributed by atoms with Gasteiger partial charge in [0.25, 0.3) is 0 Å². The Bertz CT molecular complexity index is 238. The van der Waals surface area contributed by atoms with Gasteiger partial charge >= 0.3 is 0 Å². The van der Waals surface area contributed by atoms with Gasteiger partial charge in [0, 0.05) is 6.42 Å². The monoisotopic (exact) mass is 222 g/mol. The molecule has 0 bridgehead atoms. The van der Waals surface area contributed by atoms with E-state index in [1.807, 2.05) is 0 Å². The van der Waals surface area contributed by atoms with Crippen molar-refractivity contribution in [2.75, 3.05) is 6.61 Å². The molecule has 0 saturated carbocycles. The lowest BCUT2D eigenvalue weighted by Gasteiger charge is -2.15. The summed E-state index contributed by atoms with van der Waals surface area (Å²) in [6, 6.07) is 0. The highest BCUT2D eigenvalue weighted by atomic mass is 16.5. The Hall–Kier alpha value is -0.720. The van der Waals surface area contributed by atoms with Crippen LogP contribution in [0.5, 0.6) is 0 Å². The predicted octanol–water partition coefficient (Wildman–Crippen LogP) is 4.99. The molecule has 0 aliphatic carbocycles. The van der Waals surface area contributed by atoms with Crippen molar-refractivity contribution in [2.24, 2.45) is 0 Å². The zero-order valence-corrected chi connectivity index (χ0v) is 10.9. The molecule has 0 fully saturated rings. The van der Waals surface area contributed by atoms with Crippen LogP contribution >= 0.6 is 0 Å². The molecule has 0 saturated heterocycles. The van der Waals surface area contributed by atoms with Gasteiger partial charge in [0.05, 0.1) is 5.76 Å². The molecule has 0 aromatic rings. The van der Waals surface area contributed by atoms with Gasteiger partial charge in [-0.15, -0.1) is 0 Å². The van der Waals surface area contributed by atoms with Crippen LogP contribution in [0.1, 0.15) is 65.2 Å². The van der Waals surface area contributed by atoms with Crippen LogP contribution in [0.15, 0.2) is 23.5 Å². The second kappa shape index (κ2) is 8.43. The summed E-state index contributed by atoms with van der Waals surface area (Å²) in [6.45, 7) is 5.29. The van der Waals surface area contributed by atoms with Crippen LogP contribution in [-0.4, -0.2) is 6.61 Å². The Morgan fingerprint density at radius 1 is 1.00 bits per heavy atom. The molecule has 0 radical (unpaired) electrons. The molecule has 1 heteroatoms. The molecule has 0 N–H and O–H groups in total. The summed E-state index contributed by atoms with van der Waals surface area (Å²) in [5, 5.41) is 0. The summed E-state index contributed by atoms with van der Waals surface area (Å²) in [7, 11) is 0. The fourth-order valence-electron chi connectivity index (χ4n) is 2.01. The molecular weight excluding hydrogens is 196 g/mol. The minimum absolute atomic E-state index is 0.791. The topological polar surface area (TPSA) is 9.23 Å². The van der Waals surface area contributed by atoms with Crippen molar-refractivity contribution in [3.05, 3.63) is 23.5 Å². The number of hydrogen-bond donors (Lipinski definition) is 0. The van der Waals surface area contributed by atoms with E-state index in [2.05, 4.69) is 26.0 Å². The first-order valence-corrected chi connectivity index (χ1v) is 6.89. The zero-order chi connectivity index (χ0) is 11.6. The second-order valence-electron chi connectivity index (χ2n) is 4.61.